The smallest absolute Gasteiger partial charge is 0.157 e. The maximum Gasteiger partial charge on any atom is 0.157 e. The zero-order chi connectivity index (χ0) is 13.8. The van der Waals surface area contributed by atoms with Crippen molar-refractivity contribution in [2.24, 2.45) is 0 Å². The van der Waals surface area contributed by atoms with Crippen LogP contribution in [0, 0.1) is 0 Å². The van der Waals surface area contributed by atoms with Gasteiger partial charge in [0.05, 0.1) is 5.69 Å². The van der Waals surface area contributed by atoms with Crippen molar-refractivity contribution in [2.45, 2.75) is 33.2 Å². The first-order valence-corrected chi connectivity index (χ1v) is 7.32. The van der Waals surface area contributed by atoms with Gasteiger partial charge in [0, 0.05) is 29.0 Å². The van der Waals surface area contributed by atoms with Gasteiger partial charge in [-0.3, -0.25) is 0 Å². The van der Waals surface area contributed by atoms with Crippen molar-refractivity contribution in [2.75, 3.05) is 6.54 Å². The predicted octanol–water partition coefficient (Wildman–Crippen LogP) is 3.26. The van der Waals surface area contributed by atoms with Crippen molar-refractivity contribution in [3.8, 4) is 5.82 Å². The number of halogens is 1. The van der Waals surface area contributed by atoms with Crippen LogP contribution < -0.4 is 5.32 Å². The third kappa shape index (κ3) is 3.42. The molecule has 0 saturated heterocycles. The van der Waals surface area contributed by atoms with Crippen molar-refractivity contribution in [1.82, 2.24) is 20.1 Å². The SMILES string of the molecule is CCNCc1cc(Br)cnc1-n1ccc(C(C)C)n1. The van der Waals surface area contributed by atoms with E-state index in [9.17, 15) is 0 Å². The summed E-state index contributed by atoms with van der Waals surface area (Å²) in [6, 6.07) is 4.13. The van der Waals surface area contributed by atoms with E-state index in [0.717, 1.165) is 34.6 Å². The highest BCUT2D eigenvalue weighted by molar-refractivity contribution is 9.10. The highest BCUT2D eigenvalue weighted by atomic mass is 79.9. The molecular formula is C14H19BrN4. The molecule has 2 rings (SSSR count). The minimum absolute atomic E-state index is 0.425. The second-order valence-electron chi connectivity index (χ2n) is 4.76. The van der Waals surface area contributed by atoms with Crippen LogP contribution in [0.25, 0.3) is 5.82 Å². The molecule has 19 heavy (non-hydrogen) atoms. The zero-order valence-corrected chi connectivity index (χ0v) is 13.1. The first-order chi connectivity index (χ1) is 9.11. The van der Waals surface area contributed by atoms with E-state index in [1.165, 1.54) is 0 Å². The van der Waals surface area contributed by atoms with Crippen molar-refractivity contribution >= 4 is 15.9 Å². The maximum atomic E-state index is 4.59. The summed E-state index contributed by atoms with van der Waals surface area (Å²) in [5.74, 6) is 1.31. The van der Waals surface area contributed by atoms with Crippen LogP contribution >= 0.6 is 15.9 Å². The Morgan fingerprint density at radius 2 is 2.21 bits per heavy atom. The first-order valence-electron chi connectivity index (χ1n) is 6.53. The number of hydrogen-bond donors (Lipinski definition) is 1. The lowest BCUT2D eigenvalue weighted by Gasteiger charge is -2.09. The van der Waals surface area contributed by atoms with E-state index in [-0.39, 0.29) is 0 Å². The van der Waals surface area contributed by atoms with Gasteiger partial charge in [0.25, 0.3) is 0 Å². The summed E-state index contributed by atoms with van der Waals surface area (Å²) in [7, 11) is 0. The molecule has 4 nitrogen and oxygen atoms in total. The second kappa shape index (κ2) is 6.30. The van der Waals surface area contributed by atoms with Crippen LogP contribution in [0.1, 0.15) is 37.9 Å². The maximum absolute atomic E-state index is 4.59. The van der Waals surface area contributed by atoms with Crippen LogP contribution in [0.3, 0.4) is 0 Å². The van der Waals surface area contributed by atoms with Gasteiger partial charge in [-0.25, -0.2) is 9.67 Å². The quantitative estimate of drug-likeness (QED) is 0.918. The summed E-state index contributed by atoms with van der Waals surface area (Å²) >= 11 is 3.47. The first kappa shape index (κ1) is 14.2. The Hall–Kier alpha value is -1.20. The zero-order valence-electron chi connectivity index (χ0n) is 11.5. The number of rotatable bonds is 5. The number of pyridine rings is 1. The summed E-state index contributed by atoms with van der Waals surface area (Å²) < 4.78 is 2.84. The van der Waals surface area contributed by atoms with E-state index in [1.54, 1.807) is 0 Å². The number of hydrogen-bond acceptors (Lipinski definition) is 3. The Morgan fingerprint density at radius 3 is 2.84 bits per heavy atom. The van der Waals surface area contributed by atoms with E-state index in [2.05, 4.69) is 58.2 Å². The Balaban J connectivity index is 2.36. The van der Waals surface area contributed by atoms with Crippen molar-refractivity contribution in [3.05, 3.63) is 40.3 Å². The van der Waals surface area contributed by atoms with E-state index in [4.69, 9.17) is 0 Å². The Kier molecular flexibility index (Phi) is 4.71. The van der Waals surface area contributed by atoms with Gasteiger partial charge in [0.15, 0.2) is 5.82 Å². The molecular weight excluding hydrogens is 304 g/mol. The van der Waals surface area contributed by atoms with Gasteiger partial charge in [-0.15, -0.1) is 0 Å². The molecule has 0 atom stereocenters. The van der Waals surface area contributed by atoms with E-state index in [1.807, 2.05) is 23.1 Å². The fourth-order valence-corrected chi connectivity index (χ4v) is 2.21. The molecule has 102 valence electrons. The Bertz CT molecular complexity index is 548. The lowest BCUT2D eigenvalue weighted by atomic mass is 10.1. The molecule has 2 aromatic rings. The van der Waals surface area contributed by atoms with Gasteiger partial charge in [-0.2, -0.15) is 5.10 Å². The topological polar surface area (TPSA) is 42.7 Å². The van der Waals surface area contributed by atoms with Crippen LogP contribution in [0.5, 0.6) is 0 Å². The molecule has 0 aromatic carbocycles. The number of aromatic nitrogens is 3. The third-order valence-electron chi connectivity index (χ3n) is 2.89. The molecule has 0 fully saturated rings. The van der Waals surface area contributed by atoms with Crippen molar-refractivity contribution in [3.63, 3.8) is 0 Å². The van der Waals surface area contributed by atoms with E-state index >= 15 is 0 Å². The van der Waals surface area contributed by atoms with Crippen LogP contribution in [0.2, 0.25) is 0 Å². The van der Waals surface area contributed by atoms with Gasteiger partial charge in [0.2, 0.25) is 0 Å². The summed E-state index contributed by atoms with van der Waals surface area (Å²) in [5, 5.41) is 7.92. The normalized spacial score (nSPS) is 11.2. The predicted molar refractivity (Wildman–Crippen MR) is 80.5 cm³/mol. The molecule has 2 heterocycles. The van der Waals surface area contributed by atoms with Gasteiger partial charge in [-0.05, 0) is 40.5 Å². The monoisotopic (exact) mass is 322 g/mol. The molecule has 0 aliphatic heterocycles. The second-order valence-corrected chi connectivity index (χ2v) is 5.67. The largest absolute Gasteiger partial charge is 0.313 e. The van der Waals surface area contributed by atoms with Gasteiger partial charge in [-0.1, -0.05) is 20.8 Å². The molecule has 0 amide bonds. The molecule has 0 saturated carbocycles. The molecule has 0 bridgehead atoms. The van der Waals surface area contributed by atoms with Crippen molar-refractivity contribution in [1.29, 1.82) is 0 Å². The van der Waals surface area contributed by atoms with Crippen LogP contribution in [-0.4, -0.2) is 21.3 Å². The average Bonchev–Trinajstić information content (AvgIpc) is 2.86. The summed E-state index contributed by atoms with van der Waals surface area (Å²) in [6.45, 7) is 8.09. The van der Waals surface area contributed by atoms with Gasteiger partial charge < -0.3 is 5.32 Å². The summed E-state index contributed by atoms with van der Waals surface area (Å²) in [4.78, 5) is 4.49. The third-order valence-corrected chi connectivity index (χ3v) is 3.33. The lowest BCUT2D eigenvalue weighted by Crippen LogP contribution is -2.15. The summed E-state index contributed by atoms with van der Waals surface area (Å²) in [5.41, 5.74) is 2.22. The average molecular weight is 323 g/mol. The molecule has 0 spiro atoms. The number of nitrogens with one attached hydrogen (secondary N) is 1. The number of nitrogens with zero attached hydrogens (tertiary/aromatic N) is 3. The molecule has 1 N–H and O–H groups in total. The fourth-order valence-electron chi connectivity index (χ4n) is 1.83. The van der Waals surface area contributed by atoms with E-state index in [0.29, 0.717) is 5.92 Å². The standard InChI is InChI=1S/C14H19BrN4/c1-4-16-8-11-7-12(15)9-17-14(11)19-6-5-13(18-19)10(2)3/h5-7,9-10,16H,4,8H2,1-3H3. The molecule has 0 aliphatic carbocycles. The molecule has 2 aromatic heterocycles. The lowest BCUT2D eigenvalue weighted by molar-refractivity contribution is 0.702. The molecule has 0 radical (unpaired) electrons. The minimum atomic E-state index is 0.425. The highest BCUT2D eigenvalue weighted by Gasteiger charge is 2.10. The Morgan fingerprint density at radius 1 is 1.42 bits per heavy atom. The minimum Gasteiger partial charge on any atom is -0.313 e. The van der Waals surface area contributed by atoms with Gasteiger partial charge in [0.1, 0.15) is 0 Å². The Labute approximate surface area is 122 Å². The van der Waals surface area contributed by atoms with Gasteiger partial charge >= 0.3 is 0 Å². The fraction of sp³-hybridized carbons (Fsp3) is 0.429. The van der Waals surface area contributed by atoms with Crippen molar-refractivity contribution < 1.29 is 0 Å². The molecule has 0 unspecified atom stereocenters. The van der Waals surface area contributed by atoms with E-state index < -0.39 is 0 Å². The van der Waals surface area contributed by atoms with Crippen LogP contribution in [0.15, 0.2) is 29.0 Å². The molecule has 5 heteroatoms. The molecule has 0 aliphatic rings. The highest BCUT2D eigenvalue weighted by Crippen LogP contribution is 2.19. The van der Waals surface area contributed by atoms with Crippen LogP contribution in [0.4, 0.5) is 0 Å². The van der Waals surface area contributed by atoms with Crippen LogP contribution in [-0.2, 0) is 6.54 Å². The summed E-state index contributed by atoms with van der Waals surface area (Å²) in [6.07, 6.45) is 3.78.